The Bertz CT molecular complexity index is 132. The lowest BCUT2D eigenvalue weighted by Gasteiger charge is -2.11. The van der Waals surface area contributed by atoms with E-state index in [2.05, 4.69) is 4.52 Å². The third-order valence-electron chi connectivity index (χ3n) is 0.832. The average Bonchev–Trinajstić information content (AvgIpc) is 1.59. The lowest BCUT2D eigenvalue weighted by atomic mass is 10.6. The maximum atomic E-state index is 10.5. The predicted octanol–water partition coefficient (Wildman–Crippen LogP) is -0.410. The van der Waals surface area contributed by atoms with E-state index in [1.54, 1.807) is 0 Å². The molecule has 0 aliphatic heterocycles. The molecule has 0 fully saturated rings. The molecular weight excluding hydrogens is 153 g/mol. The Hall–Kier alpha value is 0.0700. The molecule has 0 bridgehead atoms. The third kappa shape index (κ3) is 8.07. The van der Waals surface area contributed by atoms with Crippen molar-refractivity contribution in [1.82, 2.24) is 4.90 Å². The summed E-state index contributed by atoms with van der Waals surface area (Å²) in [5.41, 5.74) is 9.83. The van der Waals surface area contributed by atoms with Crippen molar-refractivity contribution in [3.8, 4) is 0 Å². The van der Waals surface area contributed by atoms with Crippen LogP contribution in [0.2, 0.25) is 0 Å². The Morgan fingerprint density at radius 1 is 1.50 bits per heavy atom. The van der Waals surface area contributed by atoms with Crippen molar-refractivity contribution in [3.05, 3.63) is 0 Å². The molecule has 0 rings (SSSR count). The molecule has 62 valence electrons. The molecule has 0 radical (unpaired) electrons. The Morgan fingerprint density at radius 2 is 2.00 bits per heavy atom. The highest BCUT2D eigenvalue weighted by Gasteiger charge is 2.06. The van der Waals surface area contributed by atoms with Crippen LogP contribution in [0.4, 0.5) is 0 Å². The highest BCUT2D eigenvalue weighted by atomic mass is 31.2. The number of likely N-dealkylation sites (N-methyl/N-ethyl adjacent to an activating group) is 1. The number of rotatable bonds is 4. The largest absolute Gasteiger partial charge is 0.335 e. The van der Waals surface area contributed by atoms with Gasteiger partial charge in [0.25, 0.3) is 0 Å². The molecule has 10 heavy (non-hydrogen) atoms. The molecule has 0 aromatic carbocycles. The molecule has 0 spiro atoms. The Balaban J connectivity index is 3.30. The molecule has 0 amide bonds. The minimum Gasteiger partial charge on any atom is -0.307 e. The summed E-state index contributed by atoms with van der Waals surface area (Å²) in [7, 11) is 0.504. The zero-order valence-electron chi connectivity index (χ0n) is 6.28. The van der Waals surface area contributed by atoms with E-state index in [9.17, 15) is 4.57 Å². The molecule has 0 aliphatic carbocycles. The fraction of sp³-hybridized carbons (Fsp3) is 1.00. The lowest BCUT2D eigenvalue weighted by Crippen LogP contribution is -2.19. The maximum Gasteiger partial charge on any atom is 0.335 e. The third-order valence-corrected chi connectivity index (χ3v) is 1.42. The van der Waals surface area contributed by atoms with Crippen LogP contribution in [0.15, 0.2) is 0 Å². The molecule has 0 unspecified atom stereocenters. The van der Waals surface area contributed by atoms with Gasteiger partial charge < -0.3 is 9.42 Å². The van der Waals surface area contributed by atoms with Gasteiger partial charge in [0.05, 0.1) is 6.61 Å². The van der Waals surface area contributed by atoms with Crippen LogP contribution >= 0.6 is 7.67 Å². The van der Waals surface area contributed by atoms with Crippen LogP contribution in [0.5, 0.6) is 0 Å². The van der Waals surface area contributed by atoms with Crippen molar-refractivity contribution in [2.45, 2.75) is 0 Å². The fourth-order valence-electron chi connectivity index (χ4n) is 0.366. The van der Waals surface area contributed by atoms with Crippen LogP contribution in [0, 0.1) is 0 Å². The number of hydrogen-bond donors (Lipinski definition) is 2. The van der Waals surface area contributed by atoms with Gasteiger partial charge in [0.2, 0.25) is 0 Å². The van der Waals surface area contributed by atoms with Gasteiger partial charge in [0.1, 0.15) is 0 Å². The van der Waals surface area contributed by atoms with E-state index in [0.717, 1.165) is 0 Å². The highest BCUT2D eigenvalue weighted by Crippen LogP contribution is 2.25. The van der Waals surface area contributed by atoms with Crippen molar-refractivity contribution in [2.75, 3.05) is 27.2 Å². The first-order chi connectivity index (χ1) is 4.42. The van der Waals surface area contributed by atoms with Crippen molar-refractivity contribution >= 4 is 7.67 Å². The molecular formula is C4H14N3O2P. The molecule has 0 atom stereocenters. The smallest absolute Gasteiger partial charge is 0.307 e. The molecule has 0 aliphatic rings. The van der Waals surface area contributed by atoms with Crippen LogP contribution in [-0.4, -0.2) is 32.1 Å². The number of hydrogen-bond acceptors (Lipinski definition) is 3. The van der Waals surface area contributed by atoms with Gasteiger partial charge in [-0.05, 0) is 14.1 Å². The van der Waals surface area contributed by atoms with Gasteiger partial charge in [-0.15, -0.1) is 0 Å². The summed E-state index contributed by atoms with van der Waals surface area (Å²) in [6.07, 6.45) is 0. The molecule has 0 aromatic rings. The minimum atomic E-state index is -3.25. The van der Waals surface area contributed by atoms with Crippen molar-refractivity contribution in [3.63, 3.8) is 0 Å². The molecule has 0 heterocycles. The van der Waals surface area contributed by atoms with Gasteiger partial charge in [-0.2, -0.15) is 0 Å². The SMILES string of the molecule is CN(C)CCOP(N)(N)=O. The van der Waals surface area contributed by atoms with E-state index >= 15 is 0 Å². The average molecular weight is 167 g/mol. The van der Waals surface area contributed by atoms with Crippen molar-refractivity contribution in [2.24, 2.45) is 11.0 Å². The van der Waals surface area contributed by atoms with Crippen LogP contribution in [-0.2, 0) is 9.09 Å². The standard InChI is InChI=1S/C4H14N3O2P/c1-7(2)3-4-9-10(5,6)8/h3-4H2,1-2H3,(H4,5,6,8). The zero-order chi connectivity index (χ0) is 8.20. The van der Waals surface area contributed by atoms with E-state index in [1.165, 1.54) is 0 Å². The van der Waals surface area contributed by atoms with Gasteiger partial charge in [-0.1, -0.05) is 0 Å². The summed E-state index contributed by atoms with van der Waals surface area (Å²) in [6, 6.07) is 0. The molecule has 4 N–H and O–H groups in total. The molecule has 5 nitrogen and oxygen atoms in total. The zero-order valence-corrected chi connectivity index (χ0v) is 7.17. The summed E-state index contributed by atoms with van der Waals surface area (Å²) in [5, 5.41) is 0. The lowest BCUT2D eigenvalue weighted by molar-refractivity contribution is 0.262. The van der Waals surface area contributed by atoms with Gasteiger partial charge in [-0.3, -0.25) is 4.57 Å². The second-order valence-corrected chi connectivity index (χ2v) is 3.83. The first-order valence-corrected chi connectivity index (χ1v) is 4.64. The van der Waals surface area contributed by atoms with E-state index in [0.29, 0.717) is 13.2 Å². The second-order valence-electron chi connectivity index (χ2n) is 2.28. The highest BCUT2D eigenvalue weighted by molar-refractivity contribution is 7.53. The fourth-order valence-corrected chi connectivity index (χ4v) is 0.733. The summed E-state index contributed by atoms with van der Waals surface area (Å²) in [4.78, 5) is 1.88. The second kappa shape index (κ2) is 4.05. The monoisotopic (exact) mass is 167 g/mol. The van der Waals surface area contributed by atoms with Crippen LogP contribution < -0.4 is 11.0 Å². The summed E-state index contributed by atoms with van der Waals surface area (Å²) < 4.78 is 15.1. The number of nitrogens with zero attached hydrogens (tertiary/aromatic N) is 1. The van der Waals surface area contributed by atoms with Gasteiger partial charge in [0, 0.05) is 6.54 Å². The first kappa shape index (κ1) is 10.1. The Morgan fingerprint density at radius 3 is 2.30 bits per heavy atom. The molecule has 6 heteroatoms. The van der Waals surface area contributed by atoms with E-state index in [1.807, 2.05) is 19.0 Å². The molecule has 0 saturated heterocycles. The Labute approximate surface area is 60.9 Å². The minimum absolute atomic E-state index is 0.303. The predicted molar refractivity (Wildman–Crippen MR) is 40.5 cm³/mol. The Kier molecular flexibility index (Phi) is 4.08. The van der Waals surface area contributed by atoms with E-state index in [-0.39, 0.29) is 0 Å². The van der Waals surface area contributed by atoms with Gasteiger partial charge >= 0.3 is 7.67 Å². The van der Waals surface area contributed by atoms with Crippen molar-refractivity contribution < 1.29 is 9.09 Å². The molecule has 0 aromatic heterocycles. The normalized spacial score (nSPS) is 12.5. The molecule has 0 saturated carbocycles. The van der Waals surface area contributed by atoms with E-state index < -0.39 is 7.67 Å². The van der Waals surface area contributed by atoms with Crippen molar-refractivity contribution in [1.29, 1.82) is 0 Å². The summed E-state index contributed by atoms with van der Waals surface area (Å²) in [5.74, 6) is 0. The maximum absolute atomic E-state index is 10.5. The number of nitrogens with two attached hydrogens (primary N) is 2. The van der Waals surface area contributed by atoms with Gasteiger partial charge in [0.15, 0.2) is 0 Å². The first-order valence-electron chi connectivity index (χ1n) is 2.88. The quantitative estimate of drug-likeness (QED) is 0.556. The van der Waals surface area contributed by atoms with Gasteiger partial charge in [-0.25, -0.2) is 11.0 Å². The van der Waals surface area contributed by atoms with Crippen LogP contribution in [0.3, 0.4) is 0 Å². The summed E-state index contributed by atoms with van der Waals surface area (Å²) >= 11 is 0. The summed E-state index contributed by atoms with van der Waals surface area (Å²) in [6.45, 7) is 0.968. The van der Waals surface area contributed by atoms with E-state index in [4.69, 9.17) is 11.0 Å². The topological polar surface area (TPSA) is 81.6 Å². The van der Waals surface area contributed by atoms with Crippen LogP contribution in [0.1, 0.15) is 0 Å². The van der Waals surface area contributed by atoms with Crippen LogP contribution in [0.25, 0.3) is 0 Å².